The summed E-state index contributed by atoms with van der Waals surface area (Å²) < 4.78 is 5.35. The minimum atomic E-state index is -0.227. The Bertz CT molecular complexity index is 582. The predicted molar refractivity (Wildman–Crippen MR) is 83.2 cm³/mol. The highest BCUT2D eigenvalue weighted by Gasteiger charge is 2.25. The van der Waals surface area contributed by atoms with Crippen LogP contribution >= 0.6 is 11.8 Å². The molecule has 0 saturated heterocycles. The van der Waals surface area contributed by atoms with Gasteiger partial charge in [0.05, 0.1) is 6.10 Å². The number of hydrogen-bond donors (Lipinski definition) is 1. The van der Waals surface area contributed by atoms with Gasteiger partial charge < -0.3 is 9.63 Å². The van der Waals surface area contributed by atoms with Gasteiger partial charge in [-0.2, -0.15) is 4.98 Å². The Labute approximate surface area is 129 Å². The lowest BCUT2D eigenvalue weighted by atomic mass is 9.84. The smallest absolute Gasteiger partial charge is 0.227 e. The Kier molecular flexibility index (Phi) is 4.60. The van der Waals surface area contributed by atoms with Crippen LogP contribution in [0, 0.1) is 5.92 Å². The molecule has 1 aromatic carbocycles. The molecule has 2 unspecified atom stereocenters. The van der Waals surface area contributed by atoms with Crippen molar-refractivity contribution in [1.29, 1.82) is 0 Å². The van der Waals surface area contributed by atoms with Crippen molar-refractivity contribution < 1.29 is 9.63 Å². The number of nitrogens with zero attached hydrogens (tertiary/aromatic N) is 2. The average Bonchev–Trinajstić information content (AvgIpc) is 2.98. The lowest BCUT2D eigenvalue weighted by molar-refractivity contribution is 0.0657. The van der Waals surface area contributed by atoms with Crippen LogP contribution in [0.15, 0.2) is 33.7 Å². The maximum Gasteiger partial charge on any atom is 0.227 e. The minimum absolute atomic E-state index is 0.227. The molecule has 1 aromatic heterocycles. The molecule has 2 aromatic rings. The highest BCUT2D eigenvalue weighted by atomic mass is 32.2. The molecule has 0 radical (unpaired) electrons. The first-order valence-electron chi connectivity index (χ1n) is 7.41. The molecule has 0 bridgehead atoms. The quantitative estimate of drug-likeness (QED) is 0.875. The summed E-state index contributed by atoms with van der Waals surface area (Å²) in [6.45, 7) is 0. The molecule has 0 aliphatic heterocycles. The lowest BCUT2D eigenvalue weighted by Crippen LogP contribution is -2.26. The van der Waals surface area contributed by atoms with Crippen LogP contribution in [0.2, 0.25) is 0 Å². The molecule has 0 amide bonds. The van der Waals surface area contributed by atoms with Crippen LogP contribution < -0.4 is 0 Å². The highest BCUT2D eigenvalue weighted by Crippen LogP contribution is 2.28. The number of aliphatic hydroxyl groups is 1. The Hall–Kier alpha value is -1.33. The lowest BCUT2D eigenvalue weighted by Gasteiger charge is -2.26. The molecule has 112 valence electrons. The van der Waals surface area contributed by atoms with Gasteiger partial charge in [0, 0.05) is 16.9 Å². The van der Waals surface area contributed by atoms with Gasteiger partial charge in [-0.15, -0.1) is 11.8 Å². The summed E-state index contributed by atoms with van der Waals surface area (Å²) in [5.41, 5.74) is 0.965. The number of thioether (sulfide) groups is 1. The number of aliphatic hydroxyl groups excluding tert-OH is 1. The standard InChI is InChI=1S/C16H20N2O2S/c1-21-13-8-6-11(7-9-13)16-17-15(20-18-16)10-12-4-2-3-5-14(12)19/h6-9,12,14,19H,2-5,10H2,1H3. The van der Waals surface area contributed by atoms with E-state index in [1.54, 1.807) is 11.8 Å². The summed E-state index contributed by atoms with van der Waals surface area (Å²) in [6, 6.07) is 8.13. The number of aromatic nitrogens is 2. The average molecular weight is 304 g/mol. The molecule has 4 nitrogen and oxygen atoms in total. The molecule has 1 N–H and O–H groups in total. The zero-order chi connectivity index (χ0) is 14.7. The second-order valence-corrected chi connectivity index (χ2v) is 6.44. The van der Waals surface area contributed by atoms with E-state index in [9.17, 15) is 5.11 Å². The first-order chi connectivity index (χ1) is 10.3. The second kappa shape index (κ2) is 6.62. The molecule has 21 heavy (non-hydrogen) atoms. The van der Waals surface area contributed by atoms with E-state index in [0.717, 1.165) is 24.8 Å². The topological polar surface area (TPSA) is 59.2 Å². The van der Waals surface area contributed by atoms with Crippen molar-refractivity contribution in [3.8, 4) is 11.4 Å². The van der Waals surface area contributed by atoms with Gasteiger partial charge in [-0.25, -0.2) is 0 Å². The molecule has 3 rings (SSSR count). The maximum absolute atomic E-state index is 10.0. The van der Waals surface area contributed by atoms with E-state index in [2.05, 4.69) is 28.5 Å². The van der Waals surface area contributed by atoms with Crippen molar-refractivity contribution in [2.75, 3.05) is 6.26 Å². The van der Waals surface area contributed by atoms with Crippen molar-refractivity contribution in [2.24, 2.45) is 5.92 Å². The third-order valence-electron chi connectivity index (χ3n) is 4.12. The Morgan fingerprint density at radius 2 is 2.00 bits per heavy atom. The van der Waals surface area contributed by atoms with Crippen LogP contribution in [0.25, 0.3) is 11.4 Å². The van der Waals surface area contributed by atoms with Crippen molar-refractivity contribution >= 4 is 11.8 Å². The SMILES string of the molecule is CSc1ccc(-c2noc(CC3CCCCC3O)n2)cc1. The molecular weight excluding hydrogens is 284 g/mol. The van der Waals surface area contributed by atoms with Crippen LogP contribution in [0.5, 0.6) is 0 Å². The Morgan fingerprint density at radius 1 is 1.24 bits per heavy atom. The zero-order valence-electron chi connectivity index (χ0n) is 12.2. The van der Waals surface area contributed by atoms with E-state index in [0.29, 0.717) is 18.1 Å². The van der Waals surface area contributed by atoms with Gasteiger partial charge in [0.15, 0.2) is 0 Å². The number of hydrogen-bond acceptors (Lipinski definition) is 5. The Morgan fingerprint density at radius 3 is 2.71 bits per heavy atom. The van der Waals surface area contributed by atoms with Gasteiger partial charge in [0.2, 0.25) is 11.7 Å². The van der Waals surface area contributed by atoms with Gasteiger partial charge in [-0.1, -0.05) is 18.0 Å². The second-order valence-electron chi connectivity index (χ2n) is 5.56. The van der Waals surface area contributed by atoms with Gasteiger partial charge >= 0.3 is 0 Å². The fourth-order valence-corrected chi connectivity index (χ4v) is 3.25. The summed E-state index contributed by atoms with van der Waals surface area (Å²) >= 11 is 1.71. The zero-order valence-corrected chi connectivity index (χ0v) is 13.0. The number of benzene rings is 1. The van der Waals surface area contributed by atoms with Crippen LogP contribution in [0.3, 0.4) is 0 Å². The molecule has 1 aliphatic rings. The summed E-state index contributed by atoms with van der Waals surface area (Å²) in [6.07, 6.45) is 6.74. The van der Waals surface area contributed by atoms with E-state index in [-0.39, 0.29) is 12.0 Å². The molecular formula is C16H20N2O2S. The van der Waals surface area contributed by atoms with Crippen molar-refractivity contribution in [3.63, 3.8) is 0 Å². The van der Waals surface area contributed by atoms with Crippen molar-refractivity contribution in [3.05, 3.63) is 30.2 Å². The van der Waals surface area contributed by atoms with E-state index >= 15 is 0 Å². The van der Waals surface area contributed by atoms with Crippen LogP contribution in [-0.2, 0) is 6.42 Å². The largest absolute Gasteiger partial charge is 0.393 e. The third-order valence-corrected chi connectivity index (χ3v) is 4.87. The summed E-state index contributed by atoms with van der Waals surface area (Å²) in [5.74, 6) is 1.51. The van der Waals surface area contributed by atoms with Crippen LogP contribution in [0.4, 0.5) is 0 Å². The molecule has 1 aliphatic carbocycles. The van der Waals surface area contributed by atoms with Gasteiger partial charge in [0.1, 0.15) is 0 Å². The molecule has 1 fully saturated rings. The first kappa shape index (κ1) is 14.6. The van der Waals surface area contributed by atoms with E-state index in [1.807, 2.05) is 12.1 Å². The molecule has 5 heteroatoms. The van der Waals surface area contributed by atoms with Gasteiger partial charge in [-0.3, -0.25) is 0 Å². The van der Waals surface area contributed by atoms with Crippen molar-refractivity contribution in [2.45, 2.75) is 43.1 Å². The van der Waals surface area contributed by atoms with E-state index < -0.39 is 0 Å². The van der Waals surface area contributed by atoms with Gasteiger partial charge in [-0.05, 0) is 49.3 Å². The monoisotopic (exact) mass is 304 g/mol. The molecule has 1 saturated carbocycles. The fraction of sp³-hybridized carbons (Fsp3) is 0.500. The number of rotatable bonds is 4. The molecule has 0 spiro atoms. The first-order valence-corrected chi connectivity index (χ1v) is 8.64. The van der Waals surface area contributed by atoms with E-state index in [1.165, 1.54) is 11.3 Å². The van der Waals surface area contributed by atoms with Crippen molar-refractivity contribution in [1.82, 2.24) is 10.1 Å². The normalized spacial score (nSPS) is 22.4. The molecule has 1 heterocycles. The fourth-order valence-electron chi connectivity index (χ4n) is 2.85. The summed E-state index contributed by atoms with van der Waals surface area (Å²) in [4.78, 5) is 5.68. The third kappa shape index (κ3) is 3.47. The van der Waals surface area contributed by atoms with Gasteiger partial charge in [0.25, 0.3) is 0 Å². The highest BCUT2D eigenvalue weighted by molar-refractivity contribution is 7.98. The maximum atomic E-state index is 10.0. The Balaban J connectivity index is 1.70. The summed E-state index contributed by atoms with van der Waals surface area (Å²) in [5, 5.41) is 14.1. The van der Waals surface area contributed by atoms with Crippen LogP contribution in [0.1, 0.15) is 31.6 Å². The molecule has 2 atom stereocenters. The van der Waals surface area contributed by atoms with E-state index in [4.69, 9.17) is 4.52 Å². The predicted octanol–water partition coefficient (Wildman–Crippen LogP) is 3.55. The minimum Gasteiger partial charge on any atom is -0.393 e. The van der Waals surface area contributed by atoms with Crippen LogP contribution in [-0.4, -0.2) is 27.6 Å². The summed E-state index contributed by atoms with van der Waals surface area (Å²) in [7, 11) is 0.